The van der Waals surface area contributed by atoms with Crippen LogP contribution >= 0.6 is 0 Å². The molecule has 0 aliphatic carbocycles. The highest BCUT2D eigenvalue weighted by molar-refractivity contribution is 5.79. The van der Waals surface area contributed by atoms with Crippen molar-refractivity contribution in [2.45, 2.75) is 13.3 Å². The van der Waals surface area contributed by atoms with Gasteiger partial charge in [-0.1, -0.05) is 6.92 Å². The van der Waals surface area contributed by atoms with Gasteiger partial charge in [0.05, 0.1) is 0 Å². The summed E-state index contributed by atoms with van der Waals surface area (Å²) in [5.41, 5.74) is 5.44. The minimum Gasteiger partial charge on any atom is -0.354 e. The van der Waals surface area contributed by atoms with Crippen molar-refractivity contribution in [3.8, 4) is 0 Å². The van der Waals surface area contributed by atoms with Gasteiger partial charge in [-0.2, -0.15) is 0 Å². The second kappa shape index (κ2) is 7.92. The Kier molecular flexibility index (Phi) is 7.28. The Morgan fingerprint density at radius 3 is 2.25 bits per heavy atom. The number of nitrogens with zero attached hydrogens (tertiary/aromatic N) is 1. The summed E-state index contributed by atoms with van der Waals surface area (Å²) in [6.45, 7) is 3.12. The predicted molar refractivity (Wildman–Crippen MR) is 62.9 cm³/mol. The van der Waals surface area contributed by atoms with Crippen LogP contribution in [-0.2, 0) is 4.79 Å². The van der Waals surface area contributed by atoms with Gasteiger partial charge in [-0.25, -0.2) is 4.79 Å². The smallest absolute Gasteiger partial charge is 0.316 e. The molecule has 0 fully saturated rings. The average Bonchev–Trinajstić information content (AvgIpc) is 2.25. The second-order valence-corrected chi connectivity index (χ2v) is 3.76. The molecular formula is C10H22N4O2. The highest BCUT2D eigenvalue weighted by atomic mass is 16.2. The number of carbonyl (C=O) groups is 2. The van der Waals surface area contributed by atoms with Crippen molar-refractivity contribution < 1.29 is 9.59 Å². The molecule has 0 aliphatic rings. The van der Waals surface area contributed by atoms with Crippen molar-refractivity contribution in [1.29, 1.82) is 0 Å². The fourth-order valence-corrected chi connectivity index (χ4v) is 1.12. The van der Waals surface area contributed by atoms with E-state index in [0.29, 0.717) is 19.6 Å². The molecule has 1 atom stereocenters. The first-order valence-corrected chi connectivity index (χ1v) is 5.45. The molecule has 94 valence electrons. The molecule has 0 saturated heterocycles. The van der Waals surface area contributed by atoms with Gasteiger partial charge in [0.2, 0.25) is 5.91 Å². The van der Waals surface area contributed by atoms with Crippen molar-refractivity contribution in [2.24, 2.45) is 11.7 Å². The minimum absolute atomic E-state index is 0.0518. The van der Waals surface area contributed by atoms with Crippen molar-refractivity contribution in [3.05, 3.63) is 0 Å². The lowest BCUT2D eigenvalue weighted by molar-refractivity contribution is -0.124. The SMILES string of the molecule is CCC(CN)C(=O)NCCNC(=O)N(C)C. The molecule has 0 spiro atoms. The summed E-state index contributed by atoms with van der Waals surface area (Å²) in [5, 5.41) is 5.38. The van der Waals surface area contributed by atoms with Crippen LogP contribution in [0.3, 0.4) is 0 Å². The fourth-order valence-electron chi connectivity index (χ4n) is 1.12. The third-order valence-corrected chi connectivity index (χ3v) is 2.25. The Morgan fingerprint density at radius 1 is 1.25 bits per heavy atom. The minimum atomic E-state index is -0.167. The van der Waals surface area contributed by atoms with Gasteiger partial charge in [0.1, 0.15) is 0 Å². The lowest BCUT2D eigenvalue weighted by Gasteiger charge is -2.14. The Balaban J connectivity index is 3.66. The van der Waals surface area contributed by atoms with Crippen LogP contribution in [0.1, 0.15) is 13.3 Å². The second-order valence-electron chi connectivity index (χ2n) is 3.76. The van der Waals surface area contributed by atoms with Gasteiger partial charge in [-0.15, -0.1) is 0 Å². The van der Waals surface area contributed by atoms with E-state index in [1.165, 1.54) is 4.90 Å². The molecule has 0 aromatic heterocycles. The molecule has 0 heterocycles. The van der Waals surface area contributed by atoms with Gasteiger partial charge < -0.3 is 21.3 Å². The number of hydrogen-bond donors (Lipinski definition) is 3. The highest BCUT2D eigenvalue weighted by Crippen LogP contribution is 1.98. The van der Waals surface area contributed by atoms with E-state index in [-0.39, 0.29) is 17.9 Å². The third kappa shape index (κ3) is 5.55. The molecule has 0 bridgehead atoms. The zero-order valence-corrected chi connectivity index (χ0v) is 10.2. The maximum atomic E-state index is 11.5. The van der Waals surface area contributed by atoms with Gasteiger partial charge in [-0.05, 0) is 6.42 Å². The summed E-state index contributed by atoms with van der Waals surface area (Å²) in [7, 11) is 3.32. The van der Waals surface area contributed by atoms with Crippen molar-refractivity contribution >= 4 is 11.9 Å². The average molecular weight is 230 g/mol. The van der Waals surface area contributed by atoms with Crippen LogP contribution in [0.15, 0.2) is 0 Å². The summed E-state index contributed by atoms with van der Waals surface area (Å²) in [6, 6.07) is -0.167. The molecule has 4 N–H and O–H groups in total. The van der Waals surface area contributed by atoms with E-state index < -0.39 is 0 Å². The number of hydrogen-bond acceptors (Lipinski definition) is 3. The molecule has 6 heteroatoms. The van der Waals surface area contributed by atoms with Gasteiger partial charge in [0.15, 0.2) is 0 Å². The standard InChI is InChI=1S/C10H22N4O2/c1-4-8(7-11)9(15)12-5-6-13-10(16)14(2)3/h8H,4-7,11H2,1-3H3,(H,12,15)(H,13,16). The quantitative estimate of drug-likeness (QED) is 0.530. The maximum Gasteiger partial charge on any atom is 0.316 e. The van der Waals surface area contributed by atoms with E-state index in [4.69, 9.17) is 5.73 Å². The Morgan fingerprint density at radius 2 is 1.81 bits per heavy atom. The molecule has 1 unspecified atom stereocenters. The fraction of sp³-hybridized carbons (Fsp3) is 0.800. The first kappa shape index (κ1) is 14.7. The molecular weight excluding hydrogens is 208 g/mol. The van der Waals surface area contributed by atoms with Crippen molar-refractivity contribution in [2.75, 3.05) is 33.7 Å². The van der Waals surface area contributed by atoms with Crippen LogP contribution < -0.4 is 16.4 Å². The molecule has 16 heavy (non-hydrogen) atoms. The van der Waals surface area contributed by atoms with E-state index in [1.807, 2.05) is 6.92 Å². The van der Waals surface area contributed by atoms with Crippen molar-refractivity contribution in [1.82, 2.24) is 15.5 Å². The van der Waals surface area contributed by atoms with E-state index >= 15 is 0 Å². The van der Waals surface area contributed by atoms with Gasteiger partial charge in [0, 0.05) is 39.6 Å². The molecule has 3 amide bonds. The molecule has 0 saturated carbocycles. The van der Waals surface area contributed by atoms with Crippen molar-refractivity contribution in [3.63, 3.8) is 0 Å². The zero-order valence-electron chi connectivity index (χ0n) is 10.2. The topological polar surface area (TPSA) is 87.5 Å². The van der Waals surface area contributed by atoms with Gasteiger partial charge in [-0.3, -0.25) is 4.79 Å². The number of rotatable bonds is 6. The number of carbonyl (C=O) groups excluding carboxylic acids is 2. The highest BCUT2D eigenvalue weighted by Gasteiger charge is 2.13. The summed E-state index contributed by atoms with van der Waals surface area (Å²) >= 11 is 0. The zero-order chi connectivity index (χ0) is 12.6. The van der Waals surface area contributed by atoms with E-state index in [2.05, 4.69) is 10.6 Å². The summed E-state index contributed by atoms with van der Waals surface area (Å²) in [5.74, 6) is -0.186. The Bertz CT molecular complexity index is 227. The molecule has 0 aliphatic heterocycles. The van der Waals surface area contributed by atoms with Crippen LogP contribution in [0.4, 0.5) is 4.79 Å². The van der Waals surface area contributed by atoms with E-state index in [9.17, 15) is 9.59 Å². The van der Waals surface area contributed by atoms with Crippen LogP contribution in [-0.4, -0.2) is 50.6 Å². The molecule has 0 aromatic rings. The lowest BCUT2D eigenvalue weighted by Crippen LogP contribution is -2.42. The number of urea groups is 1. The summed E-state index contributed by atoms with van der Waals surface area (Å²) < 4.78 is 0. The predicted octanol–water partition coefficient (Wildman–Crippen LogP) is -0.641. The summed E-state index contributed by atoms with van der Waals surface area (Å²) in [6.07, 6.45) is 0.729. The molecule has 6 nitrogen and oxygen atoms in total. The van der Waals surface area contributed by atoms with Crippen LogP contribution in [0.25, 0.3) is 0 Å². The lowest BCUT2D eigenvalue weighted by atomic mass is 10.1. The number of nitrogens with two attached hydrogens (primary N) is 1. The van der Waals surface area contributed by atoms with E-state index in [0.717, 1.165) is 6.42 Å². The molecule has 0 radical (unpaired) electrons. The van der Waals surface area contributed by atoms with Gasteiger partial charge in [0.25, 0.3) is 0 Å². The monoisotopic (exact) mass is 230 g/mol. The number of amides is 3. The molecule has 0 aromatic carbocycles. The van der Waals surface area contributed by atoms with Crippen LogP contribution in [0, 0.1) is 5.92 Å². The Labute approximate surface area is 96.5 Å². The normalized spacial score (nSPS) is 11.8. The molecule has 0 rings (SSSR count). The third-order valence-electron chi connectivity index (χ3n) is 2.25. The van der Waals surface area contributed by atoms with E-state index in [1.54, 1.807) is 14.1 Å². The van der Waals surface area contributed by atoms with Crippen LogP contribution in [0.2, 0.25) is 0 Å². The van der Waals surface area contributed by atoms with Gasteiger partial charge >= 0.3 is 6.03 Å². The largest absolute Gasteiger partial charge is 0.354 e. The summed E-state index contributed by atoms with van der Waals surface area (Å²) in [4.78, 5) is 24.0. The maximum absolute atomic E-state index is 11.5. The first-order chi connectivity index (χ1) is 7.52. The Hall–Kier alpha value is -1.30. The first-order valence-electron chi connectivity index (χ1n) is 5.45. The van der Waals surface area contributed by atoms with Crippen LogP contribution in [0.5, 0.6) is 0 Å². The number of nitrogens with one attached hydrogen (secondary N) is 2.